The largest absolute Gasteiger partial charge is 0.508 e. The molecule has 0 unspecified atom stereocenters. The Morgan fingerprint density at radius 2 is 0.917 bits per heavy atom. The van der Waals surface area contributed by atoms with Crippen molar-refractivity contribution in [2.75, 3.05) is 52.3 Å². The van der Waals surface area contributed by atoms with Crippen LogP contribution in [0.5, 0.6) is 11.5 Å². The monoisotopic (exact) mass is 1850 g/mol. The first kappa shape index (κ1) is 101. The van der Waals surface area contributed by atoms with Crippen molar-refractivity contribution in [3.05, 3.63) is 203 Å². The first-order chi connectivity index (χ1) is 63.4. The summed E-state index contributed by atoms with van der Waals surface area (Å²) in [6.07, 6.45) is -4.13. The second-order valence-corrected chi connectivity index (χ2v) is 35.4. The van der Waals surface area contributed by atoms with E-state index in [1.165, 1.54) is 76.6 Å². The molecule has 6 aromatic carbocycles. The summed E-state index contributed by atoms with van der Waals surface area (Å²) in [5.41, 5.74) is 8.90. The van der Waals surface area contributed by atoms with Gasteiger partial charge >= 0.3 is 5.97 Å². The van der Waals surface area contributed by atoms with Crippen LogP contribution in [0.15, 0.2) is 170 Å². The summed E-state index contributed by atoms with van der Waals surface area (Å²) in [5.74, 6) is -17.5. The predicted octanol–water partition coefficient (Wildman–Crippen LogP) is 0.697. The van der Waals surface area contributed by atoms with Crippen LogP contribution in [0.4, 0.5) is 0 Å². The smallest absolute Gasteiger partial charge is 0.305 e. The minimum absolute atomic E-state index is 0.0366. The molecule has 15 amide bonds. The molecule has 10 rings (SSSR count). The van der Waals surface area contributed by atoms with Crippen LogP contribution in [0, 0.1) is 5.92 Å². The first-order valence-electron chi connectivity index (χ1n) is 44.2. The number of hydrogen-bond acceptors (Lipinski definition) is 21. The van der Waals surface area contributed by atoms with Crippen LogP contribution in [0.1, 0.15) is 106 Å². The molecule has 710 valence electrons. The highest BCUT2D eigenvalue weighted by molar-refractivity contribution is 8.00. The van der Waals surface area contributed by atoms with E-state index in [-0.39, 0.29) is 68.8 Å². The number of thioether (sulfide) groups is 1. The van der Waals surface area contributed by atoms with Crippen molar-refractivity contribution >= 4 is 117 Å². The number of hydrogen-bond donors (Lipinski definition) is 16. The summed E-state index contributed by atoms with van der Waals surface area (Å²) >= 11 is 0.812. The van der Waals surface area contributed by atoms with Gasteiger partial charge in [-0.15, -0.1) is 11.8 Å². The minimum atomic E-state index is -1.99. The second kappa shape index (κ2) is 47.9. The zero-order valence-electron chi connectivity index (χ0n) is 75.1. The van der Waals surface area contributed by atoms with Gasteiger partial charge in [-0.25, -0.2) is 0 Å². The molecular formula is C95H118N16O21S. The van der Waals surface area contributed by atoms with Crippen LogP contribution >= 0.6 is 11.8 Å². The van der Waals surface area contributed by atoms with Crippen molar-refractivity contribution in [1.29, 1.82) is 0 Å². The van der Waals surface area contributed by atoms with E-state index in [9.17, 15) is 54.3 Å². The number of amides is 15. The molecule has 0 aliphatic carbocycles. The third-order valence-corrected chi connectivity index (χ3v) is 24.8. The van der Waals surface area contributed by atoms with Crippen LogP contribution in [0.3, 0.4) is 0 Å². The number of likely N-dealkylation sites (N-methyl/N-ethyl adjacent to an activating group) is 3. The van der Waals surface area contributed by atoms with Gasteiger partial charge in [-0.05, 0) is 89.4 Å². The van der Waals surface area contributed by atoms with E-state index in [0.717, 1.165) is 36.3 Å². The van der Waals surface area contributed by atoms with E-state index >= 15 is 47.9 Å². The number of nitrogens with two attached hydrogens (primary N) is 1. The van der Waals surface area contributed by atoms with Crippen molar-refractivity contribution in [2.24, 2.45) is 11.7 Å². The van der Waals surface area contributed by atoms with E-state index in [4.69, 9.17) is 5.73 Å². The number of nitrogens with zero attached hydrogens (tertiary/aromatic N) is 5. The number of H-pyrrole nitrogens is 1. The molecule has 133 heavy (non-hydrogen) atoms. The van der Waals surface area contributed by atoms with E-state index in [0.29, 0.717) is 57.1 Å². The van der Waals surface area contributed by atoms with E-state index in [1.807, 2.05) is 6.92 Å². The molecule has 3 saturated heterocycles. The van der Waals surface area contributed by atoms with Crippen molar-refractivity contribution in [1.82, 2.24) is 77.3 Å². The Labute approximate surface area is 773 Å². The number of aromatic amines is 1. The van der Waals surface area contributed by atoms with Gasteiger partial charge in [0.2, 0.25) is 88.6 Å². The Bertz CT molecular complexity index is 5290. The fourth-order valence-corrected chi connectivity index (χ4v) is 17.5. The third-order valence-electron chi connectivity index (χ3n) is 23.7. The molecule has 3 aliphatic heterocycles. The minimum Gasteiger partial charge on any atom is -0.508 e. The Morgan fingerprint density at radius 3 is 1.46 bits per heavy atom. The zero-order chi connectivity index (χ0) is 96.4. The van der Waals surface area contributed by atoms with Crippen molar-refractivity contribution < 1.29 is 102 Å². The Balaban J connectivity index is 1.05. The van der Waals surface area contributed by atoms with Crippen molar-refractivity contribution in [3.8, 4) is 11.5 Å². The van der Waals surface area contributed by atoms with Crippen LogP contribution in [-0.4, -0.2) is 293 Å². The average molecular weight is 1850 g/mol. The quantitative estimate of drug-likeness (QED) is 0.0444. The van der Waals surface area contributed by atoms with E-state index in [1.54, 1.807) is 135 Å². The number of primary amides is 1. The molecule has 4 heterocycles. The predicted molar refractivity (Wildman–Crippen MR) is 490 cm³/mol. The summed E-state index contributed by atoms with van der Waals surface area (Å²) in [4.78, 5) is 246. The lowest BCUT2D eigenvalue weighted by Gasteiger charge is -2.38. The number of carbonyl (C=O) groups is 16. The number of carboxylic acid groups (broad SMARTS) is 1. The maximum absolute atomic E-state index is 15.7. The van der Waals surface area contributed by atoms with Crippen LogP contribution in [0.2, 0.25) is 0 Å². The van der Waals surface area contributed by atoms with Crippen LogP contribution in [-0.2, 0) is 115 Å². The number of fused-ring (bicyclic) bond motifs is 3. The number of aliphatic carboxylic acids is 1. The summed E-state index contributed by atoms with van der Waals surface area (Å²) in [5, 5.41) is 78.6. The van der Waals surface area contributed by atoms with Gasteiger partial charge < -0.3 is 109 Å². The normalized spacial score (nSPS) is 24.6. The Morgan fingerprint density at radius 1 is 0.474 bits per heavy atom. The molecule has 17 N–H and O–H groups in total. The lowest BCUT2D eigenvalue weighted by Crippen LogP contribution is -2.61. The number of aromatic hydroxyl groups is 2. The highest BCUT2D eigenvalue weighted by Gasteiger charge is 2.48. The molecule has 0 saturated carbocycles. The Hall–Kier alpha value is -13.8. The first-order valence-corrected chi connectivity index (χ1v) is 45.4. The van der Waals surface area contributed by atoms with Gasteiger partial charge in [0.25, 0.3) is 0 Å². The van der Waals surface area contributed by atoms with Crippen molar-refractivity contribution in [2.45, 2.75) is 202 Å². The number of nitrogens with one attached hydrogen (secondary N) is 10. The lowest BCUT2D eigenvalue weighted by molar-refractivity contribution is -0.152. The molecule has 0 radical (unpaired) electrons. The molecule has 3 fully saturated rings. The number of carboxylic acids is 1. The third kappa shape index (κ3) is 28.4. The molecule has 0 spiro atoms. The number of unbranched alkanes of at least 4 members (excludes halogenated alkanes) is 1. The number of carbonyl (C=O) groups excluding carboxylic acids is 15. The molecule has 37 nitrogen and oxygen atoms in total. The zero-order valence-corrected chi connectivity index (χ0v) is 75.9. The number of rotatable bonds is 22. The number of benzene rings is 6. The molecule has 3 aliphatic rings. The summed E-state index contributed by atoms with van der Waals surface area (Å²) in [6, 6.07) is 22.8. The maximum atomic E-state index is 15.7. The fourth-order valence-electron chi connectivity index (χ4n) is 16.6. The second-order valence-electron chi connectivity index (χ2n) is 34.3. The van der Waals surface area contributed by atoms with Crippen LogP contribution in [0.25, 0.3) is 10.9 Å². The molecule has 1 aromatic heterocycles. The van der Waals surface area contributed by atoms with Gasteiger partial charge in [0.05, 0.1) is 30.9 Å². The van der Waals surface area contributed by atoms with Crippen molar-refractivity contribution in [3.63, 3.8) is 0 Å². The number of phenolic OH excluding ortho intramolecular Hbond substituents is 2. The number of aliphatic hydroxyl groups is 2. The lowest BCUT2D eigenvalue weighted by atomic mass is 9.99. The van der Waals surface area contributed by atoms with Gasteiger partial charge in [-0.2, -0.15) is 0 Å². The molecule has 0 bridgehead atoms. The topological polar surface area (TPSA) is 541 Å². The molecule has 38 heteroatoms. The average Bonchev–Trinajstić information content (AvgIpc) is 1.72. The molecular weight excluding hydrogens is 1730 g/mol. The molecule has 15 atom stereocenters. The standard InChI is InChI=1S/C95H118N16O21S/c1-8-9-29-75-95(132)111-51-65(115)46-78(111)90(127)104-71(47-82(118)119)84(121)99-55(4)91(128)108(6)76(42-57-23-15-11-16-24-57)88(125)105-73(41-60-32-36-63(113)37-33-60)93(130)110-50-64(114)45-77(110)89(126)103-70(44-61-48-97-67-28-20-19-27-66(61)67)87(124)102-69(39-59-30-34-62(112)35-31-59)86(123)101-68(38-54(2)3)85(122)106-74(83(120)98-49-80(96)116)52-133-53-81(117)100-72(40-56-21-13-10-14-22-56)92(129)109(7)79(94(131)107(75)5)43-58-25-17-12-18-26-58/h10-28,30-37,48,54-55,64-65,68-79,97,112-115H,8-9,29,38-47,49-53H2,1-7H3,(H2,96,116)(H,98,120)(H,99,121)(H,100,117)(H,101,123)(H,102,124)(H,103,126)(H,104,127)(H,105,125)(H,106,122)(H,118,119)/t55-,64-,65-,68+,69-,70-,71-,72+,73-,74-,75-,76+,77+,78+,79-/m0/s1. The van der Waals surface area contributed by atoms with E-state index in [2.05, 4.69) is 52.8 Å². The highest BCUT2D eigenvalue weighted by Crippen LogP contribution is 2.29. The van der Waals surface area contributed by atoms with Gasteiger partial charge in [-0.1, -0.05) is 167 Å². The summed E-state index contributed by atoms with van der Waals surface area (Å²) in [7, 11) is 3.92. The fraction of sp³-hybridized carbons (Fsp3) is 0.432. The van der Waals surface area contributed by atoms with Crippen LogP contribution < -0.4 is 53.6 Å². The Kier molecular flexibility index (Phi) is 36.5. The van der Waals surface area contributed by atoms with E-state index < -0.39 is 236 Å². The van der Waals surface area contributed by atoms with Gasteiger partial charge in [0.15, 0.2) is 0 Å². The number of para-hydroxylation sites is 1. The SMILES string of the molecule is CCCC[C@H]1C(=O)N2C[C@@H](O)C[C@@H]2C(=O)N[C@@H](CC(=O)O)C(=O)N[C@@H](C)C(=O)N(C)[C@H](Cc2ccccc2)C(=O)N[C@@H](Cc2ccc(O)cc2)C(=O)N2C[C@@H](O)C[C@@H]2C(=O)N[C@@H](Cc2c[nH]c3ccccc23)C(=O)N[C@@H](Cc2ccc(O)cc2)C(=O)N[C@H](CC(C)C)C(=O)N[C@H](C(=O)NCC(N)=O)CSCC(=O)N[C@H](Cc2ccccc2)C(=O)N(C)[C@@H](Cc2ccccc2)C(=O)N1C. The number of phenols is 2. The van der Waals surface area contributed by atoms with Gasteiger partial charge in [0, 0.05) is 108 Å². The summed E-state index contributed by atoms with van der Waals surface area (Å²) in [6.45, 7) is 4.81. The van der Waals surface area contributed by atoms with Gasteiger partial charge in [-0.3, -0.25) is 76.7 Å². The summed E-state index contributed by atoms with van der Waals surface area (Å²) < 4.78 is 0. The highest BCUT2D eigenvalue weighted by atomic mass is 32.2. The molecule has 7 aromatic rings. The number of aromatic nitrogens is 1. The van der Waals surface area contributed by atoms with Gasteiger partial charge in [0.1, 0.15) is 90.0 Å². The number of aliphatic hydroxyl groups excluding tert-OH is 2. The maximum Gasteiger partial charge on any atom is 0.305 e.